The summed E-state index contributed by atoms with van der Waals surface area (Å²) in [5.41, 5.74) is 2.54. The van der Waals surface area contributed by atoms with Gasteiger partial charge in [-0.3, -0.25) is 20.0 Å². The number of hydrogen-bond donors (Lipinski definition) is 2. The highest BCUT2D eigenvalue weighted by atomic mass is 16.2. The average Bonchev–Trinajstić information content (AvgIpc) is 2.17. The van der Waals surface area contributed by atoms with Crippen LogP contribution < -0.4 is 11.3 Å². The van der Waals surface area contributed by atoms with Gasteiger partial charge in [0.1, 0.15) is 5.69 Å². The molecule has 0 radical (unpaired) electrons. The summed E-state index contributed by atoms with van der Waals surface area (Å²) in [5.74, 6) is 4.30. The molecule has 1 aromatic rings. The molecule has 0 aliphatic carbocycles. The highest BCUT2D eigenvalue weighted by Gasteiger charge is 2.06. The second kappa shape index (κ2) is 3.77. The second-order valence-electron chi connectivity index (χ2n) is 2.46. The Hall–Kier alpha value is -1.75. The SMILES string of the molecule is CC(=O)c1cc(C(=O)NN)ccn1. The molecule has 0 aliphatic heterocycles. The van der Waals surface area contributed by atoms with E-state index >= 15 is 0 Å². The molecule has 0 aliphatic rings. The molecule has 1 amide bonds. The van der Waals surface area contributed by atoms with Gasteiger partial charge < -0.3 is 0 Å². The first-order valence-corrected chi connectivity index (χ1v) is 3.63. The van der Waals surface area contributed by atoms with Gasteiger partial charge in [0.15, 0.2) is 5.78 Å². The summed E-state index contributed by atoms with van der Waals surface area (Å²) < 4.78 is 0. The minimum atomic E-state index is -0.440. The number of nitrogen functional groups attached to an aromatic ring is 1. The number of rotatable bonds is 2. The van der Waals surface area contributed by atoms with Crippen LogP contribution in [0.5, 0.6) is 0 Å². The van der Waals surface area contributed by atoms with Crippen LogP contribution in [0, 0.1) is 0 Å². The van der Waals surface area contributed by atoms with E-state index in [1.165, 1.54) is 25.3 Å². The van der Waals surface area contributed by atoms with E-state index in [9.17, 15) is 9.59 Å². The molecule has 0 saturated heterocycles. The van der Waals surface area contributed by atoms with Gasteiger partial charge in [-0.15, -0.1) is 0 Å². The molecule has 0 bridgehead atoms. The van der Waals surface area contributed by atoms with E-state index in [1.807, 2.05) is 5.43 Å². The van der Waals surface area contributed by atoms with Crippen LogP contribution in [0.4, 0.5) is 0 Å². The fourth-order valence-electron chi connectivity index (χ4n) is 0.848. The van der Waals surface area contributed by atoms with Crippen molar-refractivity contribution >= 4 is 11.7 Å². The number of ketones is 1. The number of Topliss-reactive ketones (excluding diaryl/α,β-unsaturated/α-hetero) is 1. The number of hydrogen-bond acceptors (Lipinski definition) is 4. The van der Waals surface area contributed by atoms with Gasteiger partial charge in [0.05, 0.1) is 0 Å². The molecule has 5 nitrogen and oxygen atoms in total. The van der Waals surface area contributed by atoms with Crippen LogP contribution in [0.25, 0.3) is 0 Å². The largest absolute Gasteiger partial charge is 0.293 e. The summed E-state index contributed by atoms with van der Waals surface area (Å²) >= 11 is 0. The number of amides is 1. The summed E-state index contributed by atoms with van der Waals surface area (Å²) in [6, 6.07) is 2.87. The number of hydrazine groups is 1. The molecule has 0 spiro atoms. The van der Waals surface area contributed by atoms with Crippen molar-refractivity contribution in [1.82, 2.24) is 10.4 Å². The number of aromatic nitrogens is 1. The fourth-order valence-corrected chi connectivity index (χ4v) is 0.848. The van der Waals surface area contributed by atoms with Gasteiger partial charge in [-0.25, -0.2) is 5.84 Å². The molecule has 13 heavy (non-hydrogen) atoms. The Bertz CT molecular complexity index is 349. The van der Waals surface area contributed by atoms with Crippen molar-refractivity contribution in [2.24, 2.45) is 5.84 Å². The zero-order chi connectivity index (χ0) is 9.84. The van der Waals surface area contributed by atoms with Crippen molar-refractivity contribution in [2.75, 3.05) is 0 Å². The van der Waals surface area contributed by atoms with E-state index in [4.69, 9.17) is 5.84 Å². The molecule has 68 valence electrons. The number of nitrogens with two attached hydrogens (primary N) is 1. The van der Waals surface area contributed by atoms with Crippen molar-refractivity contribution in [3.8, 4) is 0 Å². The maximum atomic E-state index is 11.0. The zero-order valence-corrected chi connectivity index (χ0v) is 7.07. The van der Waals surface area contributed by atoms with Gasteiger partial charge in [0.2, 0.25) is 0 Å². The molecule has 1 aromatic heterocycles. The van der Waals surface area contributed by atoms with Gasteiger partial charge in [-0.1, -0.05) is 0 Å². The van der Waals surface area contributed by atoms with Gasteiger partial charge in [-0.2, -0.15) is 0 Å². The van der Waals surface area contributed by atoms with E-state index in [0.717, 1.165) is 0 Å². The number of nitrogens with one attached hydrogen (secondary N) is 1. The quantitative estimate of drug-likeness (QED) is 0.287. The van der Waals surface area contributed by atoms with E-state index in [1.54, 1.807) is 0 Å². The molecule has 0 aromatic carbocycles. The Balaban J connectivity index is 3.05. The van der Waals surface area contributed by atoms with Crippen LogP contribution in [0.15, 0.2) is 18.3 Å². The molecular formula is C8H9N3O2. The summed E-state index contributed by atoms with van der Waals surface area (Å²) in [5, 5.41) is 0. The van der Waals surface area contributed by atoms with Crippen LogP contribution in [-0.2, 0) is 0 Å². The molecule has 0 saturated carbocycles. The molecule has 5 heteroatoms. The highest BCUT2D eigenvalue weighted by molar-refractivity contribution is 5.98. The third-order valence-corrected chi connectivity index (χ3v) is 1.51. The average molecular weight is 179 g/mol. The summed E-state index contributed by atoms with van der Waals surface area (Å²) in [6.07, 6.45) is 1.39. The molecule has 0 atom stereocenters. The van der Waals surface area contributed by atoms with E-state index in [0.29, 0.717) is 5.56 Å². The van der Waals surface area contributed by atoms with E-state index < -0.39 is 5.91 Å². The van der Waals surface area contributed by atoms with Gasteiger partial charge in [-0.05, 0) is 12.1 Å². The molecule has 1 rings (SSSR count). The predicted octanol–water partition coefficient (Wildman–Crippen LogP) is -0.112. The number of nitrogens with zero attached hydrogens (tertiary/aromatic N) is 1. The Morgan fingerprint density at radius 1 is 1.54 bits per heavy atom. The number of carbonyl (C=O) groups is 2. The molecular weight excluding hydrogens is 170 g/mol. The highest BCUT2D eigenvalue weighted by Crippen LogP contribution is 2.01. The van der Waals surface area contributed by atoms with Crippen LogP contribution in [0.1, 0.15) is 27.8 Å². The van der Waals surface area contributed by atoms with E-state index in [2.05, 4.69) is 4.98 Å². The fraction of sp³-hybridized carbons (Fsp3) is 0.125. The third kappa shape index (κ3) is 2.09. The maximum Gasteiger partial charge on any atom is 0.265 e. The minimum Gasteiger partial charge on any atom is -0.293 e. The lowest BCUT2D eigenvalue weighted by Gasteiger charge is -1.99. The van der Waals surface area contributed by atoms with E-state index in [-0.39, 0.29) is 11.5 Å². The van der Waals surface area contributed by atoms with Gasteiger partial charge in [0.25, 0.3) is 5.91 Å². The zero-order valence-electron chi connectivity index (χ0n) is 7.07. The van der Waals surface area contributed by atoms with Crippen LogP contribution in [0.3, 0.4) is 0 Å². The maximum absolute atomic E-state index is 11.0. The lowest BCUT2D eigenvalue weighted by molar-refractivity contribution is 0.0953. The summed E-state index contributed by atoms with van der Waals surface area (Å²) in [6.45, 7) is 1.38. The van der Waals surface area contributed by atoms with Crippen molar-refractivity contribution in [3.05, 3.63) is 29.6 Å². The first-order valence-electron chi connectivity index (χ1n) is 3.63. The Labute approximate surface area is 74.9 Å². The molecule has 3 N–H and O–H groups in total. The smallest absolute Gasteiger partial charge is 0.265 e. The number of pyridine rings is 1. The lowest BCUT2D eigenvalue weighted by Crippen LogP contribution is -2.30. The molecule has 1 heterocycles. The van der Waals surface area contributed by atoms with Crippen molar-refractivity contribution in [2.45, 2.75) is 6.92 Å². The lowest BCUT2D eigenvalue weighted by atomic mass is 10.2. The van der Waals surface area contributed by atoms with Crippen molar-refractivity contribution in [1.29, 1.82) is 0 Å². The first kappa shape index (κ1) is 9.34. The van der Waals surface area contributed by atoms with Crippen molar-refractivity contribution in [3.63, 3.8) is 0 Å². The Morgan fingerprint density at radius 2 is 2.23 bits per heavy atom. The van der Waals surface area contributed by atoms with Crippen LogP contribution in [0.2, 0.25) is 0 Å². The summed E-state index contributed by atoms with van der Waals surface area (Å²) in [7, 11) is 0. The second-order valence-corrected chi connectivity index (χ2v) is 2.46. The van der Waals surface area contributed by atoms with Crippen LogP contribution >= 0.6 is 0 Å². The third-order valence-electron chi connectivity index (χ3n) is 1.51. The number of carbonyl (C=O) groups excluding carboxylic acids is 2. The normalized spacial score (nSPS) is 9.38. The van der Waals surface area contributed by atoms with Crippen LogP contribution in [-0.4, -0.2) is 16.7 Å². The predicted molar refractivity (Wildman–Crippen MR) is 45.9 cm³/mol. The first-order chi connectivity index (χ1) is 6.15. The van der Waals surface area contributed by atoms with Gasteiger partial charge in [0, 0.05) is 18.7 Å². The monoisotopic (exact) mass is 179 g/mol. The molecule has 0 fully saturated rings. The Kier molecular flexibility index (Phi) is 2.71. The molecule has 0 unspecified atom stereocenters. The standard InChI is InChI=1S/C8H9N3O2/c1-5(12)7-4-6(2-3-10-7)8(13)11-9/h2-4H,9H2,1H3,(H,11,13). The van der Waals surface area contributed by atoms with Crippen molar-refractivity contribution < 1.29 is 9.59 Å². The summed E-state index contributed by atoms with van der Waals surface area (Å²) in [4.78, 5) is 25.7. The Morgan fingerprint density at radius 3 is 2.77 bits per heavy atom. The topological polar surface area (TPSA) is 85.1 Å². The van der Waals surface area contributed by atoms with Gasteiger partial charge >= 0.3 is 0 Å². The minimum absolute atomic E-state index is 0.188.